The number of nitrogens with zero attached hydrogens (tertiary/aromatic N) is 2. The van der Waals surface area contributed by atoms with Crippen LogP contribution in [0.4, 0.5) is 5.69 Å². The zero-order chi connectivity index (χ0) is 24.8. The Balaban J connectivity index is 1.48. The van der Waals surface area contributed by atoms with Crippen LogP contribution in [0.3, 0.4) is 0 Å². The molecule has 3 N–H and O–H groups in total. The minimum atomic E-state index is -1.85. The molecule has 6 aliphatic rings. The number of aliphatic hydroxyl groups is 2. The van der Waals surface area contributed by atoms with Crippen molar-refractivity contribution in [2.24, 2.45) is 5.41 Å². The number of benzene rings is 1. The maximum absolute atomic E-state index is 14.1. The molecule has 7 rings (SSSR count). The Morgan fingerprint density at radius 3 is 2.71 bits per heavy atom. The van der Waals surface area contributed by atoms with E-state index in [4.69, 9.17) is 9.47 Å². The molecule has 35 heavy (non-hydrogen) atoms. The number of anilines is 1. The van der Waals surface area contributed by atoms with Gasteiger partial charge in [0.1, 0.15) is 23.0 Å². The van der Waals surface area contributed by atoms with E-state index in [1.54, 1.807) is 4.90 Å². The Morgan fingerprint density at radius 1 is 1.20 bits per heavy atom. The van der Waals surface area contributed by atoms with Gasteiger partial charge in [0.25, 0.3) is 5.91 Å². The number of ether oxygens (including phenoxy) is 2. The molecule has 2 amide bonds. The molecule has 6 heterocycles. The largest absolute Gasteiger partial charge is 0.483 e. The lowest BCUT2D eigenvalue weighted by Crippen LogP contribution is -2.75. The van der Waals surface area contributed by atoms with Crippen molar-refractivity contribution in [1.29, 1.82) is 0 Å². The van der Waals surface area contributed by atoms with Crippen LogP contribution >= 0.6 is 0 Å². The summed E-state index contributed by atoms with van der Waals surface area (Å²) in [5.74, 6) is 0.00836. The number of piperazine rings is 1. The van der Waals surface area contributed by atoms with E-state index in [1.165, 1.54) is 4.90 Å². The summed E-state index contributed by atoms with van der Waals surface area (Å²) >= 11 is 0. The third kappa shape index (κ3) is 2.11. The second-order valence-corrected chi connectivity index (χ2v) is 11.9. The molecule has 0 aliphatic carbocycles. The van der Waals surface area contributed by atoms with E-state index in [1.807, 2.05) is 52.0 Å². The first-order valence-electron chi connectivity index (χ1n) is 12.4. The van der Waals surface area contributed by atoms with Gasteiger partial charge in [-0.1, -0.05) is 19.9 Å². The smallest absolute Gasteiger partial charge is 0.278 e. The van der Waals surface area contributed by atoms with Crippen molar-refractivity contribution in [2.45, 2.75) is 81.7 Å². The average Bonchev–Trinajstić information content (AvgIpc) is 3.45. The minimum absolute atomic E-state index is 0.211. The van der Waals surface area contributed by atoms with E-state index in [9.17, 15) is 19.8 Å². The van der Waals surface area contributed by atoms with Crippen LogP contribution in [0.1, 0.15) is 58.1 Å². The normalized spacial score (nSPS) is 41.0. The highest BCUT2D eigenvalue weighted by Crippen LogP contribution is 2.71. The predicted octanol–water partition coefficient (Wildman–Crippen LogP) is 1.53. The number of fused-ring (bicyclic) bond motifs is 5. The Morgan fingerprint density at radius 2 is 1.97 bits per heavy atom. The fourth-order valence-corrected chi connectivity index (χ4v) is 7.77. The Bertz CT molecular complexity index is 1240. The molecule has 1 aromatic carbocycles. The van der Waals surface area contributed by atoms with Gasteiger partial charge < -0.3 is 29.9 Å². The van der Waals surface area contributed by atoms with Crippen molar-refractivity contribution in [3.63, 3.8) is 0 Å². The van der Waals surface area contributed by atoms with Crippen LogP contribution < -0.4 is 10.1 Å². The SMILES string of the molecule is CC1(C)C=Cc2c(ccc3c2N[C@@]24N5C(=O)[C@]6(O)CCCN6C(=O)[C@@H]5C[C@@]32O[C@H](CO)C4(C)C)O1. The fraction of sp³-hybridized carbons (Fsp3) is 0.615. The van der Waals surface area contributed by atoms with Gasteiger partial charge in [0.2, 0.25) is 11.6 Å². The molecule has 1 aromatic rings. The summed E-state index contributed by atoms with van der Waals surface area (Å²) in [6, 6.07) is 3.11. The number of hydrogen-bond acceptors (Lipinski definition) is 7. The monoisotopic (exact) mass is 481 g/mol. The topological polar surface area (TPSA) is 112 Å². The number of rotatable bonds is 1. The zero-order valence-electron chi connectivity index (χ0n) is 20.4. The van der Waals surface area contributed by atoms with Gasteiger partial charge in [-0.2, -0.15) is 0 Å². The standard InChI is InChI=1S/C26H31N3O6/c1-22(2)10-8-14-17(34-22)7-6-15-19(14)27-26-23(3,4)18(13-30)35-24(15,26)12-16-20(31)28-11-5-9-25(28,33)21(32)29(16)26/h6-8,10,16,18,27,30,33H,5,9,11-13H2,1-4H3/t16-,18+,24+,25+,26-/m0/s1. The van der Waals surface area contributed by atoms with Crippen LogP contribution in [-0.2, 0) is 19.9 Å². The van der Waals surface area contributed by atoms with E-state index in [0.29, 0.717) is 13.0 Å². The molecule has 186 valence electrons. The molecule has 9 heteroatoms. The number of nitrogens with one attached hydrogen (secondary N) is 1. The molecule has 9 nitrogen and oxygen atoms in total. The number of hydrogen-bond donors (Lipinski definition) is 3. The van der Waals surface area contributed by atoms with Crippen molar-refractivity contribution in [3.05, 3.63) is 29.3 Å². The molecule has 0 saturated carbocycles. The molecule has 5 atom stereocenters. The van der Waals surface area contributed by atoms with Crippen LogP contribution in [0.5, 0.6) is 5.75 Å². The second kappa shape index (κ2) is 6.02. The second-order valence-electron chi connectivity index (χ2n) is 11.9. The summed E-state index contributed by atoms with van der Waals surface area (Å²) in [4.78, 5) is 30.7. The molecule has 4 fully saturated rings. The van der Waals surface area contributed by atoms with Crippen molar-refractivity contribution in [3.8, 4) is 5.75 Å². The maximum atomic E-state index is 14.1. The molecular formula is C26H31N3O6. The highest BCUT2D eigenvalue weighted by Gasteiger charge is 2.84. The van der Waals surface area contributed by atoms with Gasteiger partial charge in [-0.3, -0.25) is 14.5 Å². The maximum Gasteiger partial charge on any atom is 0.278 e. The van der Waals surface area contributed by atoms with E-state index >= 15 is 0 Å². The lowest BCUT2D eigenvalue weighted by atomic mass is 9.69. The lowest BCUT2D eigenvalue weighted by molar-refractivity contribution is -0.199. The van der Waals surface area contributed by atoms with Gasteiger partial charge >= 0.3 is 0 Å². The highest BCUT2D eigenvalue weighted by molar-refractivity contribution is 6.02. The first-order valence-corrected chi connectivity index (χ1v) is 12.4. The Labute approximate surface area is 203 Å². The molecule has 0 aromatic heterocycles. The molecule has 0 bridgehead atoms. The van der Waals surface area contributed by atoms with Crippen molar-refractivity contribution in [2.75, 3.05) is 18.5 Å². The van der Waals surface area contributed by atoms with Crippen LogP contribution in [-0.4, -0.2) is 74.1 Å². The van der Waals surface area contributed by atoms with Gasteiger partial charge in [-0.15, -0.1) is 0 Å². The Kier molecular flexibility index (Phi) is 3.72. The first kappa shape index (κ1) is 21.6. The number of amides is 2. The molecule has 0 unspecified atom stereocenters. The minimum Gasteiger partial charge on any atom is -0.483 e. The molecular weight excluding hydrogens is 450 g/mol. The third-order valence-electron chi connectivity index (χ3n) is 9.42. The van der Waals surface area contributed by atoms with Gasteiger partial charge in [-0.05, 0) is 38.5 Å². The summed E-state index contributed by atoms with van der Waals surface area (Å²) in [7, 11) is 0. The summed E-state index contributed by atoms with van der Waals surface area (Å²) in [6.07, 6.45) is 4.48. The summed E-state index contributed by atoms with van der Waals surface area (Å²) < 4.78 is 12.9. The fourth-order valence-electron chi connectivity index (χ4n) is 7.77. The molecule has 4 saturated heterocycles. The quantitative estimate of drug-likeness (QED) is 0.558. The number of aliphatic hydroxyl groups excluding tert-OH is 1. The summed E-state index contributed by atoms with van der Waals surface area (Å²) in [6.45, 7) is 8.03. The van der Waals surface area contributed by atoms with Crippen LogP contribution in [0, 0.1) is 5.41 Å². The zero-order valence-corrected chi connectivity index (χ0v) is 20.4. The third-order valence-corrected chi connectivity index (χ3v) is 9.42. The van der Waals surface area contributed by atoms with Crippen molar-refractivity contribution in [1.82, 2.24) is 9.80 Å². The van der Waals surface area contributed by atoms with Crippen LogP contribution in [0.25, 0.3) is 6.08 Å². The van der Waals surface area contributed by atoms with E-state index < -0.39 is 46.1 Å². The van der Waals surface area contributed by atoms with Crippen molar-refractivity contribution < 1.29 is 29.3 Å². The van der Waals surface area contributed by atoms with Crippen LogP contribution in [0.15, 0.2) is 18.2 Å². The van der Waals surface area contributed by atoms with E-state index in [0.717, 1.165) is 22.6 Å². The molecule has 0 spiro atoms. The molecule has 0 radical (unpaired) electrons. The summed E-state index contributed by atoms with van der Waals surface area (Å²) in [5.41, 5.74) is -2.83. The van der Waals surface area contributed by atoms with E-state index in [2.05, 4.69) is 5.32 Å². The van der Waals surface area contributed by atoms with Crippen molar-refractivity contribution >= 4 is 23.6 Å². The van der Waals surface area contributed by atoms with Gasteiger partial charge in [-0.25, -0.2) is 0 Å². The van der Waals surface area contributed by atoms with Crippen LogP contribution in [0.2, 0.25) is 0 Å². The molecule has 6 aliphatic heterocycles. The van der Waals surface area contributed by atoms with Gasteiger partial charge in [0.05, 0.1) is 18.4 Å². The van der Waals surface area contributed by atoms with Gasteiger partial charge in [0.15, 0.2) is 5.66 Å². The predicted molar refractivity (Wildman–Crippen MR) is 125 cm³/mol. The number of carbonyl (C=O) groups excluding carboxylic acids is 2. The van der Waals surface area contributed by atoms with E-state index in [-0.39, 0.29) is 25.4 Å². The Hall–Kier alpha value is -2.62. The lowest BCUT2D eigenvalue weighted by Gasteiger charge is -2.53. The van der Waals surface area contributed by atoms with Gasteiger partial charge in [0, 0.05) is 35.9 Å². The highest BCUT2D eigenvalue weighted by atomic mass is 16.5. The number of carbonyl (C=O) groups is 2. The average molecular weight is 482 g/mol. The first-order chi connectivity index (χ1) is 16.4. The summed E-state index contributed by atoms with van der Waals surface area (Å²) in [5, 5.41) is 25.4.